The van der Waals surface area contributed by atoms with Gasteiger partial charge in [-0.3, -0.25) is 0 Å². The molecule has 0 radical (unpaired) electrons. The largest absolute Gasteiger partial charge is 0.396 e. The van der Waals surface area contributed by atoms with Gasteiger partial charge in [0.1, 0.15) is 0 Å². The van der Waals surface area contributed by atoms with Gasteiger partial charge in [0.2, 0.25) is 0 Å². The molecule has 0 heterocycles. The summed E-state index contributed by atoms with van der Waals surface area (Å²) < 4.78 is 5.21. The number of aliphatic hydroxyl groups is 1. The molecule has 0 bridgehead atoms. The molecule has 0 aliphatic heterocycles. The Morgan fingerprint density at radius 2 is 2.06 bits per heavy atom. The second-order valence-electron chi connectivity index (χ2n) is 4.13. The molecule has 0 amide bonds. The highest BCUT2D eigenvalue weighted by atomic mass is 35.5. The van der Waals surface area contributed by atoms with Crippen LogP contribution in [0, 0.1) is 5.92 Å². The molecule has 2 atom stereocenters. The topological polar surface area (TPSA) is 29.5 Å². The molecule has 90 valence electrons. The van der Waals surface area contributed by atoms with Gasteiger partial charge in [0.25, 0.3) is 0 Å². The lowest BCUT2D eigenvalue weighted by atomic mass is 9.95. The van der Waals surface area contributed by atoms with E-state index in [2.05, 4.69) is 0 Å². The van der Waals surface area contributed by atoms with Crippen LogP contribution < -0.4 is 0 Å². The van der Waals surface area contributed by atoms with Gasteiger partial charge in [-0.1, -0.05) is 29.8 Å². The zero-order chi connectivity index (χ0) is 12.0. The van der Waals surface area contributed by atoms with Crippen LogP contribution in [0.3, 0.4) is 0 Å². The van der Waals surface area contributed by atoms with Gasteiger partial charge in [-0.25, -0.2) is 0 Å². The second-order valence-corrected chi connectivity index (χ2v) is 4.53. The maximum atomic E-state index is 9.32. The predicted octanol–water partition coefficient (Wildman–Crippen LogP) is 2.92. The van der Waals surface area contributed by atoms with Crippen molar-refractivity contribution in [3.63, 3.8) is 0 Å². The van der Waals surface area contributed by atoms with Gasteiger partial charge in [-0.15, -0.1) is 0 Å². The summed E-state index contributed by atoms with van der Waals surface area (Å²) in [6.45, 7) is 2.17. The van der Waals surface area contributed by atoms with Crippen LogP contribution in [0.15, 0.2) is 24.3 Å². The lowest BCUT2D eigenvalue weighted by Gasteiger charge is -2.18. The Morgan fingerprint density at radius 1 is 1.38 bits per heavy atom. The van der Waals surface area contributed by atoms with E-state index in [-0.39, 0.29) is 18.6 Å². The fourth-order valence-corrected chi connectivity index (χ4v) is 1.98. The maximum Gasteiger partial charge on any atom is 0.0546 e. The molecule has 2 unspecified atom stereocenters. The van der Waals surface area contributed by atoms with Crippen molar-refractivity contribution in [2.24, 2.45) is 5.92 Å². The van der Waals surface area contributed by atoms with Crippen molar-refractivity contribution in [1.29, 1.82) is 0 Å². The van der Waals surface area contributed by atoms with Crippen LogP contribution in [0.4, 0.5) is 0 Å². The van der Waals surface area contributed by atoms with Crippen LogP contribution in [0.25, 0.3) is 0 Å². The van der Waals surface area contributed by atoms with E-state index >= 15 is 0 Å². The molecule has 0 aromatic heterocycles. The number of benzene rings is 1. The van der Waals surface area contributed by atoms with Gasteiger partial charge < -0.3 is 9.84 Å². The van der Waals surface area contributed by atoms with Crippen LogP contribution in [0.2, 0.25) is 5.02 Å². The third-order valence-electron chi connectivity index (χ3n) is 2.79. The predicted molar refractivity (Wildman–Crippen MR) is 66.8 cm³/mol. The molecule has 0 fully saturated rings. The van der Waals surface area contributed by atoms with Crippen molar-refractivity contribution in [2.45, 2.75) is 25.9 Å². The Hall–Kier alpha value is -0.570. The summed E-state index contributed by atoms with van der Waals surface area (Å²) in [4.78, 5) is 0. The molecule has 1 aromatic rings. The number of ether oxygens (including phenoxy) is 1. The Morgan fingerprint density at radius 3 is 2.62 bits per heavy atom. The first-order chi connectivity index (χ1) is 7.67. The molecule has 16 heavy (non-hydrogen) atoms. The van der Waals surface area contributed by atoms with Crippen LogP contribution >= 0.6 is 11.6 Å². The van der Waals surface area contributed by atoms with E-state index in [9.17, 15) is 5.11 Å². The third-order valence-corrected chi connectivity index (χ3v) is 3.16. The summed E-state index contributed by atoms with van der Waals surface area (Å²) in [7, 11) is 1.69. The average molecular weight is 243 g/mol. The molecule has 1 N–H and O–H groups in total. The molecule has 0 saturated carbocycles. The van der Waals surface area contributed by atoms with E-state index in [4.69, 9.17) is 16.3 Å². The first kappa shape index (κ1) is 13.5. The van der Waals surface area contributed by atoms with E-state index in [0.29, 0.717) is 0 Å². The van der Waals surface area contributed by atoms with Crippen LogP contribution in [-0.2, 0) is 11.2 Å². The lowest BCUT2D eigenvalue weighted by Crippen LogP contribution is -2.18. The minimum absolute atomic E-state index is 0.166. The molecule has 1 rings (SSSR count). The van der Waals surface area contributed by atoms with Crippen molar-refractivity contribution in [3.05, 3.63) is 34.9 Å². The van der Waals surface area contributed by atoms with E-state index < -0.39 is 0 Å². The van der Waals surface area contributed by atoms with Crippen molar-refractivity contribution >= 4 is 11.6 Å². The van der Waals surface area contributed by atoms with Gasteiger partial charge in [-0.2, -0.15) is 0 Å². The smallest absolute Gasteiger partial charge is 0.0546 e. The zero-order valence-corrected chi connectivity index (χ0v) is 10.6. The van der Waals surface area contributed by atoms with Gasteiger partial charge in [-0.05, 0) is 37.3 Å². The maximum absolute atomic E-state index is 9.32. The van der Waals surface area contributed by atoms with Crippen molar-refractivity contribution in [1.82, 2.24) is 0 Å². The Bertz CT molecular complexity index is 315. The molecule has 3 heteroatoms. The molecule has 1 aromatic carbocycles. The minimum atomic E-state index is 0.166. The number of halogens is 1. The Labute approximate surface area is 102 Å². The Kier molecular flexibility index (Phi) is 5.81. The molecule has 0 spiro atoms. The standard InChI is InChI=1S/C13H19ClO2/c1-10(16-2)7-11(9-15)8-12-5-3-4-6-13(12)14/h3-6,10-11,15H,7-9H2,1-2H3. The highest BCUT2D eigenvalue weighted by Gasteiger charge is 2.14. The van der Waals surface area contributed by atoms with Crippen LogP contribution in [-0.4, -0.2) is 24.9 Å². The molecule has 0 aliphatic carbocycles. The van der Waals surface area contributed by atoms with Crippen molar-refractivity contribution in [3.8, 4) is 0 Å². The zero-order valence-electron chi connectivity index (χ0n) is 9.82. The monoisotopic (exact) mass is 242 g/mol. The van der Waals surface area contributed by atoms with Crippen LogP contribution in [0.5, 0.6) is 0 Å². The quantitative estimate of drug-likeness (QED) is 0.831. The van der Waals surface area contributed by atoms with Gasteiger partial charge in [0.05, 0.1) is 6.10 Å². The molecule has 0 saturated heterocycles. The van der Waals surface area contributed by atoms with E-state index in [1.807, 2.05) is 31.2 Å². The summed E-state index contributed by atoms with van der Waals surface area (Å²) in [6.07, 6.45) is 1.81. The van der Waals surface area contributed by atoms with Gasteiger partial charge in [0.15, 0.2) is 0 Å². The highest BCUT2D eigenvalue weighted by molar-refractivity contribution is 6.31. The number of hydrogen-bond acceptors (Lipinski definition) is 2. The third kappa shape index (κ3) is 4.12. The van der Waals surface area contributed by atoms with E-state index in [1.165, 1.54) is 0 Å². The first-order valence-corrected chi connectivity index (χ1v) is 5.92. The molecular weight excluding hydrogens is 224 g/mol. The minimum Gasteiger partial charge on any atom is -0.396 e. The highest BCUT2D eigenvalue weighted by Crippen LogP contribution is 2.21. The number of methoxy groups -OCH3 is 1. The molecular formula is C13H19ClO2. The summed E-state index contributed by atoms with van der Waals surface area (Å²) in [5.41, 5.74) is 1.09. The summed E-state index contributed by atoms with van der Waals surface area (Å²) in [5.74, 6) is 0.204. The fourth-order valence-electron chi connectivity index (χ4n) is 1.76. The number of aliphatic hydroxyl groups excluding tert-OH is 1. The SMILES string of the molecule is COC(C)CC(CO)Cc1ccccc1Cl. The lowest BCUT2D eigenvalue weighted by molar-refractivity contribution is 0.0806. The summed E-state index contributed by atoms with van der Waals surface area (Å²) in [6, 6.07) is 7.76. The van der Waals surface area contributed by atoms with Crippen molar-refractivity contribution < 1.29 is 9.84 Å². The summed E-state index contributed by atoms with van der Waals surface area (Å²) >= 11 is 6.08. The number of rotatable bonds is 6. The fraction of sp³-hybridized carbons (Fsp3) is 0.538. The normalized spacial score (nSPS) is 14.8. The average Bonchev–Trinajstić information content (AvgIpc) is 2.30. The first-order valence-electron chi connectivity index (χ1n) is 5.54. The molecule has 0 aliphatic rings. The van der Waals surface area contributed by atoms with Crippen molar-refractivity contribution in [2.75, 3.05) is 13.7 Å². The van der Waals surface area contributed by atoms with Gasteiger partial charge in [0, 0.05) is 18.7 Å². The van der Waals surface area contributed by atoms with E-state index in [0.717, 1.165) is 23.4 Å². The van der Waals surface area contributed by atoms with E-state index in [1.54, 1.807) is 7.11 Å². The Balaban J connectivity index is 2.60. The van der Waals surface area contributed by atoms with Gasteiger partial charge >= 0.3 is 0 Å². The number of hydrogen-bond donors (Lipinski definition) is 1. The summed E-state index contributed by atoms with van der Waals surface area (Å²) in [5, 5.41) is 10.1. The van der Waals surface area contributed by atoms with Crippen LogP contribution in [0.1, 0.15) is 18.9 Å². The molecule has 2 nitrogen and oxygen atoms in total. The second kappa shape index (κ2) is 6.89.